The Kier molecular flexibility index (Phi) is 8.73. The van der Waals surface area contributed by atoms with Crippen LogP contribution >= 0.6 is 0 Å². The highest BCUT2D eigenvalue weighted by Crippen LogP contribution is 2.39. The number of aliphatic hydroxyl groups excluding tert-OH is 1. The van der Waals surface area contributed by atoms with Crippen LogP contribution in [0.1, 0.15) is 32.3 Å². The maximum atomic E-state index is 13.1. The molecule has 0 fully saturated rings. The number of allylic oxidation sites excluding steroid dienone is 2. The molecule has 1 aliphatic rings. The Morgan fingerprint density at radius 3 is 2.62 bits per heavy atom. The van der Waals surface area contributed by atoms with Gasteiger partial charge in [-0.05, 0) is 26.3 Å². The SMILES string of the molecule is COCCOC(=O)OC1=C(C)NC(CO)=C(C(=O)NC(C)C)C1c1cccc([N+](=O)[O-])c1. The van der Waals surface area contributed by atoms with Gasteiger partial charge in [0, 0.05) is 25.3 Å². The molecule has 0 radical (unpaired) electrons. The van der Waals surface area contributed by atoms with Gasteiger partial charge in [0.2, 0.25) is 5.91 Å². The van der Waals surface area contributed by atoms with Crippen molar-refractivity contribution < 1.29 is 33.8 Å². The van der Waals surface area contributed by atoms with Crippen LogP contribution in [0, 0.1) is 10.1 Å². The zero-order chi connectivity index (χ0) is 23.8. The second-order valence-electron chi connectivity index (χ2n) is 7.27. The van der Waals surface area contributed by atoms with E-state index < -0.39 is 29.5 Å². The van der Waals surface area contributed by atoms with Crippen molar-refractivity contribution >= 4 is 17.7 Å². The van der Waals surface area contributed by atoms with E-state index in [9.17, 15) is 24.8 Å². The monoisotopic (exact) mass is 449 g/mol. The molecule has 0 aromatic heterocycles. The molecule has 1 amide bonds. The normalized spacial score (nSPS) is 16.0. The highest BCUT2D eigenvalue weighted by Gasteiger charge is 2.37. The number of benzene rings is 1. The molecule has 1 heterocycles. The van der Waals surface area contributed by atoms with E-state index >= 15 is 0 Å². The summed E-state index contributed by atoms with van der Waals surface area (Å²) in [5, 5.41) is 26.9. The smallest absolute Gasteiger partial charge is 0.432 e. The lowest BCUT2D eigenvalue weighted by atomic mass is 9.84. The molecule has 3 N–H and O–H groups in total. The fraction of sp³-hybridized carbons (Fsp3) is 0.429. The standard InChI is InChI=1S/C21H27N3O8/c1-12(2)22-20(26)18-16(11-25)23-13(3)19(32-21(27)31-9-8-30-4)17(18)14-6-5-7-15(10-14)24(28)29/h5-7,10,12,17,23,25H,8-9,11H2,1-4H3,(H,22,26). The van der Waals surface area contributed by atoms with Crippen LogP contribution in [0.4, 0.5) is 10.5 Å². The van der Waals surface area contributed by atoms with Crippen molar-refractivity contribution in [1.29, 1.82) is 0 Å². The van der Waals surface area contributed by atoms with E-state index in [2.05, 4.69) is 10.6 Å². The molecule has 2 rings (SSSR count). The highest BCUT2D eigenvalue weighted by molar-refractivity contribution is 5.97. The number of nitrogens with zero attached hydrogens (tertiary/aromatic N) is 1. The molecule has 1 aliphatic heterocycles. The van der Waals surface area contributed by atoms with E-state index in [4.69, 9.17) is 14.2 Å². The summed E-state index contributed by atoms with van der Waals surface area (Å²) in [7, 11) is 1.45. The molecule has 0 saturated heterocycles. The first-order chi connectivity index (χ1) is 15.2. The van der Waals surface area contributed by atoms with Gasteiger partial charge >= 0.3 is 6.16 Å². The molecule has 1 atom stereocenters. The second-order valence-corrected chi connectivity index (χ2v) is 7.27. The van der Waals surface area contributed by atoms with Crippen LogP contribution in [0.25, 0.3) is 0 Å². The minimum Gasteiger partial charge on any atom is -0.432 e. The third kappa shape index (κ3) is 6.05. The molecule has 0 aliphatic carbocycles. The number of carbonyl (C=O) groups excluding carboxylic acids is 2. The highest BCUT2D eigenvalue weighted by atomic mass is 16.7. The fourth-order valence-electron chi connectivity index (χ4n) is 3.21. The summed E-state index contributed by atoms with van der Waals surface area (Å²) in [5.74, 6) is -1.50. The second kappa shape index (κ2) is 11.3. The number of ether oxygens (including phenoxy) is 3. The fourth-order valence-corrected chi connectivity index (χ4v) is 3.21. The van der Waals surface area contributed by atoms with E-state index in [1.807, 2.05) is 0 Å². The van der Waals surface area contributed by atoms with E-state index in [-0.39, 0.29) is 42.0 Å². The minimum atomic E-state index is -1.02. The molecule has 0 spiro atoms. The topological polar surface area (TPSA) is 149 Å². The predicted octanol–water partition coefficient (Wildman–Crippen LogP) is 2.08. The van der Waals surface area contributed by atoms with Gasteiger partial charge in [0.15, 0.2) is 0 Å². The number of nitrogens with one attached hydrogen (secondary N) is 2. The van der Waals surface area contributed by atoms with Crippen molar-refractivity contribution in [2.24, 2.45) is 0 Å². The summed E-state index contributed by atoms with van der Waals surface area (Å²) in [6.45, 7) is 4.73. The summed E-state index contributed by atoms with van der Waals surface area (Å²) >= 11 is 0. The van der Waals surface area contributed by atoms with E-state index in [0.29, 0.717) is 11.3 Å². The van der Waals surface area contributed by atoms with E-state index in [0.717, 1.165) is 0 Å². The average molecular weight is 449 g/mol. The first-order valence-corrected chi connectivity index (χ1v) is 9.90. The third-order valence-electron chi connectivity index (χ3n) is 4.52. The van der Waals surface area contributed by atoms with Crippen LogP contribution < -0.4 is 10.6 Å². The van der Waals surface area contributed by atoms with Gasteiger partial charge < -0.3 is 30.0 Å². The zero-order valence-electron chi connectivity index (χ0n) is 18.3. The van der Waals surface area contributed by atoms with Crippen LogP contribution in [-0.2, 0) is 19.0 Å². The number of nitro groups is 1. The minimum absolute atomic E-state index is 0.0269. The lowest BCUT2D eigenvalue weighted by Crippen LogP contribution is -2.39. The number of aliphatic hydroxyl groups is 1. The van der Waals surface area contributed by atoms with Crippen LogP contribution in [-0.4, -0.2) is 55.1 Å². The summed E-state index contributed by atoms with van der Waals surface area (Å²) in [4.78, 5) is 36.1. The van der Waals surface area contributed by atoms with Crippen molar-refractivity contribution in [2.75, 3.05) is 26.9 Å². The lowest BCUT2D eigenvalue weighted by molar-refractivity contribution is -0.384. The Morgan fingerprint density at radius 2 is 2.03 bits per heavy atom. The van der Waals surface area contributed by atoms with Crippen molar-refractivity contribution in [3.8, 4) is 0 Å². The largest absolute Gasteiger partial charge is 0.513 e. The predicted molar refractivity (Wildman–Crippen MR) is 113 cm³/mol. The summed E-state index contributed by atoms with van der Waals surface area (Å²) in [5.41, 5.74) is 0.745. The van der Waals surface area contributed by atoms with Gasteiger partial charge in [0.25, 0.3) is 5.69 Å². The number of non-ortho nitro benzene ring substituents is 1. The number of hydrogen-bond donors (Lipinski definition) is 3. The maximum absolute atomic E-state index is 13.1. The van der Waals surface area contributed by atoms with E-state index in [1.54, 1.807) is 26.8 Å². The lowest BCUT2D eigenvalue weighted by Gasteiger charge is -2.31. The quantitative estimate of drug-likeness (QED) is 0.223. The van der Waals surface area contributed by atoms with Gasteiger partial charge in [-0.1, -0.05) is 12.1 Å². The molecule has 11 heteroatoms. The Morgan fingerprint density at radius 1 is 1.31 bits per heavy atom. The molecule has 1 unspecified atom stereocenters. The Balaban J connectivity index is 2.58. The number of nitro benzene ring substituents is 1. The van der Waals surface area contributed by atoms with Crippen LogP contribution in [0.15, 0.2) is 47.0 Å². The first kappa shape index (κ1) is 24.8. The van der Waals surface area contributed by atoms with Crippen molar-refractivity contribution in [1.82, 2.24) is 10.6 Å². The van der Waals surface area contributed by atoms with Gasteiger partial charge in [-0.25, -0.2) is 4.79 Å². The third-order valence-corrected chi connectivity index (χ3v) is 4.52. The van der Waals surface area contributed by atoms with Crippen molar-refractivity contribution in [3.05, 3.63) is 62.7 Å². The maximum Gasteiger partial charge on any atom is 0.513 e. The van der Waals surface area contributed by atoms with Gasteiger partial charge in [0.1, 0.15) is 12.4 Å². The summed E-state index contributed by atoms with van der Waals surface area (Å²) in [6.07, 6.45) is -1.02. The Labute approximate surface area is 185 Å². The summed E-state index contributed by atoms with van der Waals surface area (Å²) < 4.78 is 15.2. The number of hydrogen-bond acceptors (Lipinski definition) is 9. The van der Waals surface area contributed by atoms with Crippen molar-refractivity contribution in [3.63, 3.8) is 0 Å². The molecule has 1 aromatic rings. The summed E-state index contributed by atoms with van der Waals surface area (Å²) in [6, 6.07) is 5.42. The molecule has 32 heavy (non-hydrogen) atoms. The van der Waals surface area contributed by atoms with Crippen LogP contribution in [0.2, 0.25) is 0 Å². The number of dihydropyridines is 1. The molecule has 174 valence electrons. The molecular formula is C21H27N3O8. The molecule has 11 nitrogen and oxygen atoms in total. The van der Waals surface area contributed by atoms with Crippen LogP contribution in [0.3, 0.4) is 0 Å². The van der Waals surface area contributed by atoms with Crippen molar-refractivity contribution in [2.45, 2.75) is 32.7 Å². The Bertz CT molecular complexity index is 939. The van der Waals surface area contributed by atoms with Gasteiger partial charge in [-0.3, -0.25) is 14.9 Å². The molecule has 1 aromatic carbocycles. The van der Waals surface area contributed by atoms with Gasteiger partial charge in [0.05, 0.1) is 41.0 Å². The zero-order valence-corrected chi connectivity index (χ0v) is 18.3. The Hall–Kier alpha value is -3.44. The number of rotatable bonds is 9. The number of amides is 1. The average Bonchev–Trinajstić information content (AvgIpc) is 2.74. The van der Waals surface area contributed by atoms with E-state index in [1.165, 1.54) is 25.3 Å². The number of carbonyl (C=O) groups is 2. The number of methoxy groups -OCH3 is 1. The van der Waals surface area contributed by atoms with Gasteiger partial charge in [-0.15, -0.1) is 0 Å². The molecular weight excluding hydrogens is 422 g/mol. The van der Waals surface area contributed by atoms with Crippen LogP contribution in [0.5, 0.6) is 0 Å². The first-order valence-electron chi connectivity index (χ1n) is 9.90. The molecule has 0 bridgehead atoms. The van der Waals surface area contributed by atoms with Gasteiger partial charge in [-0.2, -0.15) is 0 Å². The molecule has 0 saturated carbocycles.